The number of likely N-dealkylation sites (tertiary alicyclic amines) is 1. The van der Waals surface area contributed by atoms with Crippen LogP contribution in [0.2, 0.25) is 0 Å². The first-order valence-electron chi connectivity index (χ1n) is 9.51. The van der Waals surface area contributed by atoms with Gasteiger partial charge in [0.15, 0.2) is 0 Å². The first kappa shape index (κ1) is 16.9. The summed E-state index contributed by atoms with van der Waals surface area (Å²) in [5, 5.41) is 3.24. The molecule has 3 heterocycles. The van der Waals surface area contributed by atoms with Crippen LogP contribution in [0.4, 0.5) is 11.6 Å². The minimum Gasteiger partial charge on any atom is -0.342 e. The molecule has 1 aliphatic heterocycles. The van der Waals surface area contributed by atoms with E-state index in [1.165, 1.54) is 12.8 Å². The van der Waals surface area contributed by atoms with Gasteiger partial charge in [0.05, 0.1) is 0 Å². The lowest BCUT2D eigenvalue weighted by molar-refractivity contribution is -0.134. The normalized spacial score (nSPS) is 20.5. The lowest BCUT2D eigenvalue weighted by Crippen LogP contribution is -2.33. The number of nitrogens with zero attached hydrogens (tertiary/aromatic N) is 4. The Hall–Kier alpha value is -2.50. The molecule has 0 aromatic carbocycles. The predicted octanol–water partition coefficient (Wildman–Crippen LogP) is 3.43. The molecule has 4 rings (SSSR count). The van der Waals surface area contributed by atoms with Gasteiger partial charge in [0.2, 0.25) is 5.91 Å². The van der Waals surface area contributed by atoms with Crippen LogP contribution in [-0.2, 0) is 4.79 Å². The van der Waals surface area contributed by atoms with Crippen LogP contribution in [-0.4, -0.2) is 38.8 Å². The molecule has 2 aliphatic rings. The van der Waals surface area contributed by atoms with Crippen molar-refractivity contribution < 1.29 is 4.79 Å². The van der Waals surface area contributed by atoms with Crippen LogP contribution in [0.25, 0.3) is 0 Å². The molecule has 0 spiro atoms. The molecule has 2 fully saturated rings. The van der Waals surface area contributed by atoms with Gasteiger partial charge in [-0.3, -0.25) is 4.79 Å². The number of hydrogen-bond acceptors (Lipinski definition) is 5. The van der Waals surface area contributed by atoms with Gasteiger partial charge in [-0.15, -0.1) is 0 Å². The Morgan fingerprint density at radius 2 is 2.00 bits per heavy atom. The summed E-state index contributed by atoms with van der Waals surface area (Å²) in [7, 11) is 0. The maximum atomic E-state index is 12.7. The van der Waals surface area contributed by atoms with Gasteiger partial charge in [0.1, 0.15) is 17.5 Å². The molecule has 1 aliphatic carbocycles. The third kappa shape index (κ3) is 3.69. The number of rotatable bonds is 4. The highest BCUT2D eigenvalue weighted by atomic mass is 16.2. The van der Waals surface area contributed by atoms with Crippen molar-refractivity contribution in [2.24, 2.45) is 5.92 Å². The van der Waals surface area contributed by atoms with Crippen LogP contribution < -0.4 is 5.32 Å². The second-order valence-corrected chi connectivity index (χ2v) is 7.34. The van der Waals surface area contributed by atoms with Crippen molar-refractivity contribution >= 4 is 17.5 Å². The van der Waals surface area contributed by atoms with Crippen LogP contribution in [0, 0.1) is 12.8 Å². The molecule has 0 bridgehead atoms. The van der Waals surface area contributed by atoms with E-state index in [9.17, 15) is 4.79 Å². The van der Waals surface area contributed by atoms with Gasteiger partial charge in [-0.1, -0.05) is 18.9 Å². The van der Waals surface area contributed by atoms with E-state index < -0.39 is 0 Å². The Labute approximate surface area is 154 Å². The molecule has 1 saturated carbocycles. The Kier molecular flexibility index (Phi) is 4.82. The molecule has 2 aromatic heterocycles. The number of amides is 1. The molecule has 26 heavy (non-hydrogen) atoms. The van der Waals surface area contributed by atoms with Gasteiger partial charge < -0.3 is 10.2 Å². The van der Waals surface area contributed by atoms with Gasteiger partial charge >= 0.3 is 0 Å². The molecule has 2 aromatic rings. The van der Waals surface area contributed by atoms with E-state index in [4.69, 9.17) is 4.98 Å². The zero-order valence-corrected chi connectivity index (χ0v) is 15.2. The highest BCUT2D eigenvalue weighted by Gasteiger charge is 2.33. The SMILES string of the molecule is Cc1cc(Nc2ccccn2)nc([C@@H]2CCN(C(=O)C3CCCC3)C2)n1. The van der Waals surface area contributed by atoms with Gasteiger partial charge in [0.25, 0.3) is 0 Å². The Morgan fingerprint density at radius 3 is 2.77 bits per heavy atom. The van der Waals surface area contributed by atoms with E-state index >= 15 is 0 Å². The average molecular weight is 351 g/mol. The molecular weight excluding hydrogens is 326 g/mol. The van der Waals surface area contributed by atoms with Crippen LogP contribution in [0.15, 0.2) is 30.5 Å². The minimum absolute atomic E-state index is 0.213. The van der Waals surface area contributed by atoms with Crippen LogP contribution in [0.3, 0.4) is 0 Å². The summed E-state index contributed by atoms with van der Waals surface area (Å²) in [6.07, 6.45) is 7.18. The van der Waals surface area contributed by atoms with Gasteiger partial charge in [-0.25, -0.2) is 15.0 Å². The third-order valence-corrected chi connectivity index (χ3v) is 5.36. The van der Waals surface area contributed by atoms with E-state index in [-0.39, 0.29) is 11.8 Å². The maximum absolute atomic E-state index is 12.7. The second kappa shape index (κ2) is 7.40. The molecule has 6 heteroatoms. The summed E-state index contributed by atoms with van der Waals surface area (Å²) in [6.45, 7) is 3.54. The van der Waals surface area contributed by atoms with Crippen molar-refractivity contribution in [3.05, 3.63) is 42.0 Å². The van der Waals surface area contributed by atoms with Crippen LogP contribution in [0.1, 0.15) is 49.5 Å². The fourth-order valence-electron chi connectivity index (χ4n) is 4.01. The smallest absolute Gasteiger partial charge is 0.225 e. The lowest BCUT2D eigenvalue weighted by atomic mass is 10.1. The van der Waals surface area contributed by atoms with Gasteiger partial charge in [-0.05, 0) is 38.3 Å². The molecule has 1 N–H and O–H groups in total. The zero-order chi connectivity index (χ0) is 17.9. The number of pyridine rings is 1. The largest absolute Gasteiger partial charge is 0.342 e. The summed E-state index contributed by atoms with van der Waals surface area (Å²) in [6, 6.07) is 7.66. The van der Waals surface area contributed by atoms with E-state index in [0.29, 0.717) is 5.91 Å². The topological polar surface area (TPSA) is 71.0 Å². The fourth-order valence-corrected chi connectivity index (χ4v) is 4.01. The summed E-state index contributed by atoms with van der Waals surface area (Å²) in [4.78, 5) is 28.3. The van der Waals surface area contributed by atoms with Gasteiger partial charge in [-0.2, -0.15) is 0 Å². The van der Waals surface area contributed by atoms with Crippen molar-refractivity contribution in [1.29, 1.82) is 0 Å². The summed E-state index contributed by atoms with van der Waals surface area (Å²) in [5.41, 5.74) is 0.925. The van der Waals surface area contributed by atoms with E-state index in [0.717, 1.165) is 55.5 Å². The van der Waals surface area contributed by atoms with Gasteiger partial charge in [0, 0.05) is 42.9 Å². The lowest BCUT2D eigenvalue weighted by Gasteiger charge is -2.20. The predicted molar refractivity (Wildman–Crippen MR) is 100 cm³/mol. The number of anilines is 2. The summed E-state index contributed by atoms with van der Waals surface area (Å²) < 4.78 is 0. The van der Waals surface area contributed by atoms with Crippen LogP contribution >= 0.6 is 0 Å². The van der Waals surface area contributed by atoms with Crippen molar-refractivity contribution in [1.82, 2.24) is 19.9 Å². The number of carbonyl (C=O) groups is 1. The van der Waals surface area contributed by atoms with Crippen LogP contribution in [0.5, 0.6) is 0 Å². The van der Waals surface area contributed by atoms with Crippen molar-refractivity contribution in [3.63, 3.8) is 0 Å². The molecule has 1 amide bonds. The summed E-state index contributed by atoms with van der Waals surface area (Å²) in [5.74, 6) is 3.14. The number of hydrogen-bond donors (Lipinski definition) is 1. The first-order valence-corrected chi connectivity index (χ1v) is 9.51. The number of aromatic nitrogens is 3. The molecular formula is C20H25N5O. The highest BCUT2D eigenvalue weighted by molar-refractivity contribution is 5.79. The monoisotopic (exact) mass is 351 g/mol. The number of carbonyl (C=O) groups excluding carboxylic acids is 1. The number of aryl methyl sites for hydroxylation is 1. The standard InChI is InChI=1S/C20H25N5O/c1-14-12-18(23-17-8-4-5-10-21-17)24-19(22-14)16-9-11-25(13-16)20(26)15-6-2-3-7-15/h4-5,8,10,12,15-16H,2-3,6-7,9,11,13H2,1H3,(H,21,22,23,24)/t16-/m1/s1. The van der Waals surface area contributed by atoms with E-state index in [1.54, 1.807) is 6.20 Å². The molecule has 136 valence electrons. The molecule has 6 nitrogen and oxygen atoms in total. The van der Waals surface area contributed by atoms with E-state index in [2.05, 4.69) is 15.3 Å². The maximum Gasteiger partial charge on any atom is 0.225 e. The Bertz CT molecular complexity index is 773. The highest BCUT2D eigenvalue weighted by Crippen LogP contribution is 2.31. The second-order valence-electron chi connectivity index (χ2n) is 7.34. The molecule has 0 radical (unpaired) electrons. The average Bonchev–Trinajstić information content (AvgIpc) is 3.34. The molecule has 1 saturated heterocycles. The van der Waals surface area contributed by atoms with Crippen molar-refractivity contribution in [3.8, 4) is 0 Å². The summed E-state index contributed by atoms with van der Waals surface area (Å²) >= 11 is 0. The minimum atomic E-state index is 0.213. The number of nitrogens with one attached hydrogen (secondary N) is 1. The Morgan fingerprint density at radius 1 is 1.15 bits per heavy atom. The Balaban J connectivity index is 1.46. The molecule has 1 atom stereocenters. The third-order valence-electron chi connectivity index (χ3n) is 5.36. The first-order chi connectivity index (χ1) is 12.7. The zero-order valence-electron chi connectivity index (χ0n) is 15.2. The fraction of sp³-hybridized carbons (Fsp3) is 0.500. The molecule has 0 unspecified atom stereocenters. The van der Waals surface area contributed by atoms with E-state index in [1.807, 2.05) is 36.1 Å². The quantitative estimate of drug-likeness (QED) is 0.914. The van der Waals surface area contributed by atoms with Crippen molar-refractivity contribution in [2.75, 3.05) is 18.4 Å². The van der Waals surface area contributed by atoms with Crippen molar-refractivity contribution in [2.45, 2.75) is 44.9 Å².